The molecule has 2 aromatic carbocycles. The van der Waals surface area contributed by atoms with E-state index >= 15 is 0 Å². The Morgan fingerprint density at radius 3 is 1.27 bits per heavy atom. The lowest BCUT2D eigenvalue weighted by molar-refractivity contribution is -0.135. The van der Waals surface area contributed by atoms with Gasteiger partial charge in [0.2, 0.25) is 23.6 Å². The molecule has 0 N–H and O–H groups in total. The molecular weight excluding hydrogens is 583 g/mol. The van der Waals surface area contributed by atoms with Gasteiger partial charge >= 0.3 is 0 Å². The molecule has 2 aromatic rings. The Hall–Kier alpha value is -3.27. The quantitative estimate of drug-likeness (QED) is 0.446. The molecule has 2 aliphatic heterocycles. The summed E-state index contributed by atoms with van der Waals surface area (Å²) in [5.41, 5.74) is 1.60. The van der Waals surface area contributed by atoms with Crippen molar-refractivity contribution < 1.29 is 19.2 Å². The number of amides is 4. The Morgan fingerprint density at radius 2 is 0.951 bits per heavy atom. The van der Waals surface area contributed by atoms with Gasteiger partial charge in [-0.3, -0.25) is 19.2 Å². The molecule has 0 spiro atoms. The van der Waals surface area contributed by atoms with Crippen LogP contribution in [0.15, 0.2) is 58.3 Å². The molecule has 0 bridgehead atoms. The first-order valence-corrected chi connectivity index (χ1v) is 14.9. The second-order valence-electron chi connectivity index (χ2n) is 9.81. The third-order valence-electron chi connectivity index (χ3n) is 7.04. The van der Waals surface area contributed by atoms with Gasteiger partial charge in [-0.05, 0) is 47.5 Å². The number of hydrogen-bond donors (Lipinski definition) is 0. The molecule has 0 saturated carbocycles. The minimum Gasteiger partial charge on any atom is -0.339 e. The lowest BCUT2D eigenvalue weighted by atomic mass is 10.2. The zero-order chi connectivity index (χ0) is 29.5. The standard InChI is InChI=1S/C30H32Cl2N4O4S/c1-21(37)33-11-15-35(16-12-33)29(39)9-5-23-3-7-27(25(31)19-23)41-28-8-4-24(20-26(28)32)6-10-30(40)36-17-13-34(14-18-36)22(2)38/h3-10,19-20H,11-18H2,1-2H3/b9-5+,10-6+. The second-order valence-corrected chi connectivity index (χ2v) is 11.7. The lowest BCUT2D eigenvalue weighted by Gasteiger charge is -2.33. The van der Waals surface area contributed by atoms with Crippen LogP contribution in [0, 0.1) is 0 Å². The second kappa shape index (κ2) is 14.1. The van der Waals surface area contributed by atoms with Crippen molar-refractivity contribution in [2.75, 3.05) is 52.4 Å². The number of carbonyl (C=O) groups is 4. The highest BCUT2D eigenvalue weighted by Crippen LogP contribution is 2.38. The maximum Gasteiger partial charge on any atom is 0.246 e. The summed E-state index contributed by atoms with van der Waals surface area (Å²) in [6.07, 6.45) is 6.53. The summed E-state index contributed by atoms with van der Waals surface area (Å²) >= 11 is 14.5. The fraction of sp³-hybridized carbons (Fsp3) is 0.333. The lowest BCUT2D eigenvalue weighted by Crippen LogP contribution is -2.49. The molecule has 216 valence electrons. The summed E-state index contributed by atoms with van der Waals surface area (Å²) < 4.78 is 0. The Labute approximate surface area is 254 Å². The molecule has 2 fully saturated rings. The highest BCUT2D eigenvalue weighted by molar-refractivity contribution is 7.99. The van der Waals surface area contributed by atoms with Gasteiger partial charge in [-0.15, -0.1) is 0 Å². The van der Waals surface area contributed by atoms with Crippen molar-refractivity contribution in [1.82, 2.24) is 19.6 Å². The van der Waals surface area contributed by atoms with Gasteiger partial charge in [-0.1, -0.05) is 47.1 Å². The molecule has 4 rings (SSSR count). The highest BCUT2D eigenvalue weighted by atomic mass is 35.5. The van der Waals surface area contributed by atoms with E-state index < -0.39 is 0 Å². The van der Waals surface area contributed by atoms with Crippen molar-refractivity contribution in [3.05, 3.63) is 69.7 Å². The molecule has 2 saturated heterocycles. The average molecular weight is 616 g/mol. The molecule has 4 amide bonds. The van der Waals surface area contributed by atoms with E-state index in [1.807, 2.05) is 24.3 Å². The van der Waals surface area contributed by atoms with Crippen LogP contribution in [0.1, 0.15) is 25.0 Å². The number of hydrogen-bond acceptors (Lipinski definition) is 5. The van der Waals surface area contributed by atoms with Gasteiger partial charge in [0.25, 0.3) is 0 Å². The van der Waals surface area contributed by atoms with E-state index in [1.54, 1.807) is 43.9 Å². The van der Waals surface area contributed by atoms with Crippen LogP contribution >= 0.6 is 35.0 Å². The summed E-state index contributed by atoms with van der Waals surface area (Å²) in [4.78, 5) is 56.6. The first-order valence-electron chi connectivity index (χ1n) is 13.3. The zero-order valence-corrected chi connectivity index (χ0v) is 25.3. The van der Waals surface area contributed by atoms with E-state index in [4.69, 9.17) is 23.2 Å². The van der Waals surface area contributed by atoms with E-state index in [-0.39, 0.29) is 23.6 Å². The van der Waals surface area contributed by atoms with Gasteiger partial charge in [-0.25, -0.2) is 0 Å². The van der Waals surface area contributed by atoms with E-state index in [0.29, 0.717) is 62.4 Å². The first-order chi connectivity index (χ1) is 19.6. The Bertz CT molecular complexity index is 1280. The Morgan fingerprint density at radius 1 is 0.610 bits per heavy atom. The summed E-state index contributed by atoms with van der Waals surface area (Å²) in [5.74, 6) is -0.139. The molecule has 0 radical (unpaired) electrons. The smallest absolute Gasteiger partial charge is 0.246 e. The molecule has 0 aliphatic carbocycles. The predicted molar refractivity (Wildman–Crippen MR) is 163 cm³/mol. The third kappa shape index (κ3) is 8.38. The number of piperazine rings is 2. The topological polar surface area (TPSA) is 81.2 Å². The van der Waals surface area contributed by atoms with Crippen molar-refractivity contribution >= 4 is 70.7 Å². The molecule has 41 heavy (non-hydrogen) atoms. The van der Waals surface area contributed by atoms with Crippen molar-refractivity contribution in [2.24, 2.45) is 0 Å². The van der Waals surface area contributed by atoms with Crippen LogP contribution in [0.3, 0.4) is 0 Å². The Kier molecular flexibility index (Phi) is 10.5. The first kappa shape index (κ1) is 30.7. The normalized spacial score (nSPS) is 16.1. The number of carbonyl (C=O) groups excluding carboxylic acids is 4. The van der Waals surface area contributed by atoms with Crippen molar-refractivity contribution in [3.8, 4) is 0 Å². The van der Waals surface area contributed by atoms with Crippen LogP contribution in [0.25, 0.3) is 12.2 Å². The number of halogens is 2. The predicted octanol–water partition coefficient (Wildman–Crippen LogP) is 4.55. The van der Waals surface area contributed by atoms with E-state index in [1.165, 1.54) is 37.8 Å². The van der Waals surface area contributed by atoms with Gasteiger partial charge in [0.05, 0.1) is 10.0 Å². The molecule has 0 aromatic heterocycles. The van der Waals surface area contributed by atoms with Crippen LogP contribution in [-0.2, 0) is 19.2 Å². The monoisotopic (exact) mass is 614 g/mol. The van der Waals surface area contributed by atoms with Gasteiger partial charge in [0, 0.05) is 88.1 Å². The van der Waals surface area contributed by atoms with Crippen molar-refractivity contribution in [1.29, 1.82) is 0 Å². The third-order valence-corrected chi connectivity index (χ3v) is 9.04. The van der Waals surface area contributed by atoms with E-state index in [0.717, 1.165) is 20.9 Å². The fourth-order valence-electron chi connectivity index (χ4n) is 4.55. The number of benzene rings is 2. The van der Waals surface area contributed by atoms with Gasteiger partial charge in [0.1, 0.15) is 0 Å². The summed E-state index contributed by atoms with van der Waals surface area (Å²) in [6.45, 7) is 7.34. The summed E-state index contributed by atoms with van der Waals surface area (Å²) in [6, 6.07) is 11.1. The minimum atomic E-state index is -0.0963. The molecule has 8 nitrogen and oxygen atoms in total. The van der Waals surface area contributed by atoms with Crippen LogP contribution < -0.4 is 0 Å². The zero-order valence-electron chi connectivity index (χ0n) is 23.0. The SMILES string of the molecule is CC(=O)N1CCN(C(=O)/C=C/c2ccc(Sc3ccc(/C=C/C(=O)N4CCN(C(C)=O)CC4)cc3Cl)c(Cl)c2)CC1. The highest BCUT2D eigenvalue weighted by Gasteiger charge is 2.22. The molecule has 2 heterocycles. The molecular formula is C30H32Cl2N4O4S. The van der Waals surface area contributed by atoms with Gasteiger partial charge in [-0.2, -0.15) is 0 Å². The van der Waals surface area contributed by atoms with E-state index in [9.17, 15) is 19.2 Å². The molecule has 0 atom stereocenters. The van der Waals surface area contributed by atoms with Gasteiger partial charge < -0.3 is 19.6 Å². The van der Waals surface area contributed by atoms with Crippen LogP contribution in [0.4, 0.5) is 0 Å². The van der Waals surface area contributed by atoms with E-state index in [2.05, 4.69) is 0 Å². The van der Waals surface area contributed by atoms with Gasteiger partial charge in [0.15, 0.2) is 0 Å². The van der Waals surface area contributed by atoms with Crippen molar-refractivity contribution in [2.45, 2.75) is 23.6 Å². The fourth-order valence-corrected chi connectivity index (χ4v) is 5.99. The van der Waals surface area contributed by atoms with Crippen LogP contribution in [0.5, 0.6) is 0 Å². The molecule has 2 aliphatic rings. The molecule has 0 unspecified atom stereocenters. The maximum atomic E-state index is 12.5. The largest absolute Gasteiger partial charge is 0.339 e. The minimum absolute atomic E-state index is 0.0269. The number of nitrogens with zero attached hydrogens (tertiary/aromatic N) is 4. The Balaban J connectivity index is 1.31. The summed E-state index contributed by atoms with van der Waals surface area (Å²) in [7, 11) is 0. The van der Waals surface area contributed by atoms with Crippen LogP contribution in [0.2, 0.25) is 10.0 Å². The maximum absolute atomic E-state index is 12.5. The number of rotatable bonds is 6. The van der Waals surface area contributed by atoms with Crippen molar-refractivity contribution in [3.63, 3.8) is 0 Å². The molecule has 11 heteroatoms. The average Bonchev–Trinajstić information content (AvgIpc) is 2.97. The summed E-state index contributed by atoms with van der Waals surface area (Å²) in [5, 5.41) is 1.07. The van der Waals surface area contributed by atoms with Crippen LogP contribution in [-0.4, -0.2) is 95.6 Å².